The fraction of sp³-hybridized carbons (Fsp3) is 0.370. The summed E-state index contributed by atoms with van der Waals surface area (Å²) < 4.78 is 27.2. The van der Waals surface area contributed by atoms with Crippen LogP contribution in [0, 0.1) is 5.82 Å². The number of anilines is 1. The number of carbonyl (C=O) groups is 1. The summed E-state index contributed by atoms with van der Waals surface area (Å²) in [6.45, 7) is 1.86. The Hall–Kier alpha value is -3.33. The summed E-state index contributed by atoms with van der Waals surface area (Å²) in [7, 11) is 1.61. The number of hydrogen-bond donors (Lipinski definition) is 1. The Morgan fingerprint density at radius 2 is 1.97 bits per heavy atom. The lowest BCUT2D eigenvalue weighted by Gasteiger charge is -2.30. The minimum absolute atomic E-state index is 0.0680. The van der Waals surface area contributed by atoms with Gasteiger partial charge in [-0.3, -0.25) is 0 Å². The molecule has 1 aliphatic carbocycles. The van der Waals surface area contributed by atoms with E-state index >= 15 is 0 Å². The first-order valence-corrected chi connectivity index (χ1v) is 13.2. The Morgan fingerprint density at radius 3 is 2.75 bits per heavy atom. The third kappa shape index (κ3) is 5.11. The molecule has 0 bridgehead atoms. The van der Waals surface area contributed by atoms with E-state index in [0.717, 1.165) is 31.2 Å². The molecule has 188 valence electrons. The Bertz CT molecular complexity index is 1290. The average molecular weight is 509 g/mol. The highest BCUT2D eigenvalue weighted by atomic mass is 32.2. The van der Waals surface area contributed by atoms with Crippen molar-refractivity contribution in [1.29, 1.82) is 0 Å². The molecule has 3 aromatic rings. The lowest BCUT2D eigenvalue weighted by Crippen LogP contribution is -2.32. The van der Waals surface area contributed by atoms with Gasteiger partial charge in [0.2, 0.25) is 11.1 Å². The molecular formula is C27H29FN4O3S. The second-order valence-corrected chi connectivity index (χ2v) is 9.99. The van der Waals surface area contributed by atoms with Crippen LogP contribution in [0.25, 0.3) is 0 Å². The van der Waals surface area contributed by atoms with Gasteiger partial charge in [0.25, 0.3) is 0 Å². The molecular weight excluding hydrogens is 479 g/mol. The third-order valence-corrected chi connectivity index (χ3v) is 7.49. The molecule has 0 radical (unpaired) electrons. The third-order valence-electron chi connectivity index (χ3n) is 6.60. The second kappa shape index (κ2) is 10.7. The molecule has 0 amide bonds. The van der Waals surface area contributed by atoms with Crippen LogP contribution < -0.4 is 10.1 Å². The van der Waals surface area contributed by atoms with Crippen molar-refractivity contribution >= 4 is 23.7 Å². The molecule has 1 N–H and O–H groups in total. The quantitative estimate of drug-likeness (QED) is 0.315. The summed E-state index contributed by atoms with van der Waals surface area (Å²) in [6.07, 6.45) is 5.04. The minimum Gasteiger partial charge on any atom is -0.497 e. The molecule has 7 nitrogen and oxygen atoms in total. The van der Waals surface area contributed by atoms with Crippen LogP contribution in [0.5, 0.6) is 5.75 Å². The van der Waals surface area contributed by atoms with E-state index in [1.165, 1.54) is 24.2 Å². The zero-order valence-electron chi connectivity index (χ0n) is 20.4. The van der Waals surface area contributed by atoms with Crippen molar-refractivity contribution in [2.45, 2.75) is 62.1 Å². The van der Waals surface area contributed by atoms with Gasteiger partial charge in [0.1, 0.15) is 23.7 Å². The molecule has 2 heterocycles. The molecule has 1 saturated carbocycles. The summed E-state index contributed by atoms with van der Waals surface area (Å²) in [5.74, 6) is 0.987. The maximum atomic E-state index is 14.1. The van der Waals surface area contributed by atoms with Crippen LogP contribution in [0.2, 0.25) is 0 Å². The van der Waals surface area contributed by atoms with E-state index < -0.39 is 6.04 Å². The lowest BCUT2D eigenvalue weighted by molar-refractivity contribution is -0.146. The van der Waals surface area contributed by atoms with Crippen molar-refractivity contribution in [2.24, 2.45) is 0 Å². The number of thioether (sulfide) groups is 1. The number of nitrogens with one attached hydrogen (secondary N) is 1. The minimum atomic E-state index is -0.539. The molecule has 0 saturated heterocycles. The highest BCUT2D eigenvalue weighted by Gasteiger charge is 2.36. The van der Waals surface area contributed by atoms with E-state index in [1.807, 2.05) is 37.3 Å². The first kappa shape index (κ1) is 24.4. The molecule has 1 aromatic heterocycles. The fourth-order valence-electron chi connectivity index (χ4n) is 4.73. The topological polar surface area (TPSA) is 78.3 Å². The smallest absolute Gasteiger partial charge is 0.338 e. The average Bonchev–Trinajstić information content (AvgIpc) is 3.30. The number of ether oxygens (including phenoxy) is 2. The number of nitrogens with zero attached hydrogens (tertiary/aromatic N) is 3. The number of aromatic nitrogens is 3. The highest BCUT2D eigenvalue weighted by molar-refractivity contribution is 7.98. The van der Waals surface area contributed by atoms with Crippen molar-refractivity contribution in [3.63, 3.8) is 0 Å². The van der Waals surface area contributed by atoms with Crippen LogP contribution in [-0.2, 0) is 15.3 Å². The molecule has 2 aromatic carbocycles. The molecule has 36 heavy (non-hydrogen) atoms. The summed E-state index contributed by atoms with van der Waals surface area (Å²) in [5, 5.41) is 8.45. The Kier molecular flexibility index (Phi) is 7.27. The Balaban J connectivity index is 1.47. The molecule has 2 aliphatic rings. The first-order valence-electron chi connectivity index (χ1n) is 12.2. The fourth-order valence-corrected chi connectivity index (χ4v) is 5.55. The number of benzene rings is 2. The van der Waals surface area contributed by atoms with Gasteiger partial charge in [0.05, 0.1) is 12.7 Å². The van der Waals surface area contributed by atoms with Gasteiger partial charge >= 0.3 is 5.97 Å². The zero-order chi connectivity index (χ0) is 25.1. The second-order valence-electron chi connectivity index (χ2n) is 9.05. The predicted molar refractivity (Wildman–Crippen MR) is 136 cm³/mol. The van der Waals surface area contributed by atoms with Crippen LogP contribution in [0.3, 0.4) is 0 Å². The number of hydrogen-bond acceptors (Lipinski definition) is 7. The van der Waals surface area contributed by atoms with Gasteiger partial charge in [-0.05, 0) is 61.9 Å². The molecule has 1 fully saturated rings. The van der Waals surface area contributed by atoms with Gasteiger partial charge in [-0.15, -0.1) is 5.10 Å². The number of esters is 1. The van der Waals surface area contributed by atoms with E-state index in [0.29, 0.717) is 39.4 Å². The molecule has 5 rings (SSSR count). The number of carbonyl (C=O) groups excluding carboxylic acids is 1. The van der Waals surface area contributed by atoms with Gasteiger partial charge in [0.15, 0.2) is 0 Å². The monoisotopic (exact) mass is 508 g/mol. The predicted octanol–water partition coefficient (Wildman–Crippen LogP) is 5.88. The van der Waals surface area contributed by atoms with Gasteiger partial charge in [-0.2, -0.15) is 4.98 Å². The van der Waals surface area contributed by atoms with Crippen molar-refractivity contribution < 1.29 is 18.7 Å². The maximum absolute atomic E-state index is 14.1. The molecule has 0 spiro atoms. The van der Waals surface area contributed by atoms with E-state index in [4.69, 9.17) is 14.6 Å². The number of allylic oxidation sites excluding steroid dienone is 1. The number of methoxy groups -OCH3 is 1. The van der Waals surface area contributed by atoms with Gasteiger partial charge in [0, 0.05) is 11.4 Å². The largest absolute Gasteiger partial charge is 0.497 e. The van der Waals surface area contributed by atoms with Crippen molar-refractivity contribution in [3.8, 4) is 5.75 Å². The van der Waals surface area contributed by atoms with Crippen molar-refractivity contribution in [3.05, 3.63) is 76.7 Å². The van der Waals surface area contributed by atoms with E-state index in [1.54, 1.807) is 23.9 Å². The van der Waals surface area contributed by atoms with Crippen LogP contribution in [0.4, 0.5) is 10.3 Å². The maximum Gasteiger partial charge on any atom is 0.338 e. The zero-order valence-corrected chi connectivity index (χ0v) is 21.2. The molecule has 1 atom stereocenters. The molecule has 1 unspecified atom stereocenters. The molecule has 9 heteroatoms. The van der Waals surface area contributed by atoms with Crippen LogP contribution >= 0.6 is 11.8 Å². The van der Waals surface area contributed by atoms with Gasteiger partial charge < -0.3 is 14.8 Å². The van der Waals surface area contributed by atoms with Gasteiger partial charge in [-0.25, -0.2) is 13.9 Å². The number of halogens is 1. The summed E-state index contributed by atoms with van der Waals surface area (Å²) in [4.78, 5) is 18.2. The Labute approximate surface area is 214 Å². The lowest BCUT2D eigenvalue weighted by atomic mass is 9.94. The van der Waals surface area contributed by atoms with E-state index in [-0.39, 0.29) is 17.9 Å². The summed E-state index contributed by atoms with van der Waals surface area (Å²) in [6, 6.07) is 13.7. The molecule has 1 aliphatic heterocycles. The van der Waals surface area contributed by atoms with Crippen molar-refractivity contribution in [1.82, 2.24) is 14.8 Å². The number of fused-ring (bicyclic) bond motifs is 1. The van der Waals surface area contributed by atoms with Crippen LogP contribution in [0.15, 0.2) is 65.0 Å². The van der Waals surface area contributed by atoms with E-state index in [2.05, 4.69) is 10.3 Å². The Morgan fingerprint density at radius 1 is 1.17 bits per heavy atom. The SMILES string of the molecule is COc1cccc(C2C(C(=O)OC3CCCCC3)=C(C)Nc3nc(SCc4ccccc4F)nn32)c1. The summed E-state index contributed by atoms with van der Waals surface area (Å²) in [5.41, 5.74) is 2.59. The van der Waals surface area contributed by atoms with Crippen LogP contribution in [0.1, 0.15) is 56.2 Å². The standard InChI is InChI=1S/C27H29FN4O3S/c1-17-23(25(33)35-20-11-4-3-5-12-20)24(18-10-8-13-21(15-18)34-2)32-26(29-17)30-27(31-32)36-16-19-9-6-7-14-22(19)28/h6-10,13-15,20,24H,3-5,11-12,16H2,1-2H3,(H,29,30,31). The normalized spacial score (nSPS) is 17.9. The van der Waals surface area contributed by atoms with E-state index in [9.17, 15) is 9.18 Å². The number of rotatable bonds is 7. The van der Waals surface area contributed by atoms with Gasteiger partial charge in [-0.1, -0.05) is 48.5 Å². The van der Waals surface area contributed by atoms with Crippen molar-refractivity contribution in [2.75, 3.05) is 12.4 Å². The first-order chi connectivity index (χ1) is 17.5. The van der Waals surface area contributed by atoms with Crippen LogP contribution in [-0.4, -0.2) is 33.9 Å². The summed E-state index contributed by atoms with van der Waals surface area (Å²) >= 11 is 1.34. The highest BCUT2D eigenvalue weighted by Crippen LogP contribution is 2.38.